The summed E-state index contributed by atoms with van der Waals surface area (Å²) < 4.78 is 9.62. The fourth-order valence-electron chi connectivity index (χ4n) is 1.54. The lowest BCUT2D eigenvalue weighted by molar-refractivity contribution is 0.0602. The Balaban J connectivity index is 2.10. The number of carbonyl (C=O) groups excluding carboxylic acids is 1. The molecular weight excluding hydrogens is 248 g/mol. The molecule has 0 aliphatic carbocycles. The second-order valence-corrected chi connectivity index (χ2v) is 3.88. The Bertz CT molecular complexity index is 594. The number of benzene rings is 1. The predicted octanol–water partition coefficient (Wildman–Crippen LogP) is 1.36. The molecule has 0 aliphatic heterocycles. The minimum Gasteiger partial charge on any atom is -0.465 e. The van der Waals surface area contributed by atoms with Crippen molar-refractivity contribution in [2.24, 2.45) is 0 Å². The topological polar surface area (TPSA) is 103 Å². The second kappa shape index (κ2) is 5.38. The maximum atomic E-state index is 11.5. The lowest BCUT2D eigenvalue weighted by atomic mass is 10.1. The Labute approximate surface area is 109 Å². The van der Waals surface area contributed by atoms with Crippen molar-refractivity contribution >= 4 is 17.3 Å². The van der Waals surface area contributed by atoms with Crippen LogP contribution in [0, 0.1) is 6.92 Å². The molecule has 0 saturated carbocycles. The molecule has 100 valence electrons. The summed E-state index contributed by atoms with van der Waals surface area (Å²) in [6.07, 6.45) is 0. The zero-order chi connectivity index (χ0) is 13.8. The Morgan fingerprint density at radius 1 is 1.53 bits per heavy atom. The van der Waals surface area contributed by atoms with E-state index in [-0.39, 0.29) is 0 Å². The molecule has 0 unspecified atom stereocenters. The van der Waals surface area contributed by atoms with Crippen LogP contribution in [0.5, 0.6) is 0 Å². The Morgan fingerprint density at radius 3 is 2.95 bits per heavy atom. The quantitative estimate of drug-likeness (QED) is 0.633. The fourth-order valence-corrected chi connectivity index (χ4v) is 1.54. The zero-order valence-electron chi connectivity index (χ0n) is 10.6. The largest absolute Gasteiger partial charge is 0.465 e. The highest BCUT2D eigenvalue weighted by Crippen LogP contribution is 2.19. The van der Waals surface area contributed by atoms with Crippen LogP contribution in [0.25, 0.3) is 0 Å². The molecule has 7 nitrogen and oxygen atoms in total. The molecular formula is C12H14N4O3. The van der Waals surface area contributed by atoms with Crippen molar-refractivity contribution in [2.75, 3.05) is 18.2 Å². The number of nitrogens with zero attached hydrogens (tertiary/aromatic N) is 2. The monoisotopic (exact) mass is 262 g/mol. The molecule has 1 heterocycles. The minimum absolute atomic E-state index is 0.314. The van der Waals surface area contributed by atoms with E-state index >= 15 is 0 Å². The van der Waals surface area contributed by atoms with E-state index in [0.717, 1.165) is 0 Å². The van der Waals surface area contributed by atoms with Crippen LogP contribution in [-0.2, 0) is 11.3 Å². The van der Waals surface area contributed by atoms with Gasteiger partial charge in [-0.1, -0.05) is 5.16 Å². The Morgan fingerprint density at radius 2 is 2.32 bits per heavy atom. The number of aryl methyl sites for hydroxylation is 1. The Kier molecular flexibility index (Phi) is 3.65. The van der Waals surface area contributed by atoms with Crippen LogP contribution < -0.4 is 11.1 Å². The summed E-state index contributed by atoms with van der Waals surface area (Å²) in [6, 6.07) is 5.00. The number of nitrogen functional groups attached to an aromatic ring is 1. The molecule has 3 N–H and O–H groups in total. The van der Waals surface area contributed by atoms with Gasteiger partial charge in [0.15, 0.2) is 5.82 Å². The van der Waals surface area contributed by atoms with Crippen molar-refractivity contribution in [1.82, 2.24) is 10.1 Å². The highest BCUT2D eigenvalue weighted by atomic mass is 16.5. The number of carbonyl (C=O) groups is 1. The number of ether oxygens (including phenoxy) is 1. The van der Waals surface area contributed by atoms with Crippen molar-refractivity contribution in [3.8, 4) is 0 Å². The molecule has 1 aromatic carbocycles. The highest BCUT2D eigenvalue weighted by molar-refractivity contribution is 5.96. The Hall–Kier alpha value is -2.57. The molecule has 0 amide bonds. The van der Waals surface area contributed by atoms with E-state index < -0.39 is 5.97 Å². The summed E-state index contributed by atoms with van der Waals surface area (Å²) in [5.74, 6) is 0.563. The highest BCUT2D eigenvalue weighted by Gasteiger charge is 2.11. The number of rotatable bonds is 4. The van der Waals surface area contributed by atoms with Crippen molar-refractivity contribution in [2.45, 2.75) is 13.5 Å². The van der Waals surface area contributed by atoms with Gasteiger partial charge in [-0.2, -0.15) is 4.98 Å². The lowest BCUT2D eigenvalue weighted by Gasteiger charge is -2.08. The summed E-state index contributed by atoms with van der Waals surface area (Å²) in [5, 5.41) is 6.74. The summed E-state index contributed by atoms with van der Waals surface area (Å²) in [5.41, 5.74) is 7.10. The van der Waals surface area contributed by atoms with Gasteiger partial charge >= 0.3 is 5.97 Å². The molecule has 0 fully saturated rings. The molecule has 1 aromatic heterocycles. The normalized spacial score (nSPS) is 10.2. The molecule has 2 rings (SSSR count). The van der Waals surface area contributed by atoms with E-state index in [0.29, 0.717) is 35.2 Å². The first-order valence-corrected chi connectivity index (χ1v) is 5.61. The number of esters is 1. The molecule has 0 atom stereocenters. The van der Waals surface area contributed by atoms with E-state index in [1.165, 1.54) is 7.11 Å². The third-order valence-electron chi connectivity index (χ3n) is 2.47. The average molecular weight is 262 g/mol. The molecule has 0 saturated heterocycles. The first-order chi connectivity index (χ1) is 9.10. The number of methoxy groups -OCH3 is 1. The maximum absolute atomic E-state index is 11.5. The smallest absolute Gasteiger partial charge is 0.340 e. The molecule has 0 aliphatic rings. The van der Waals surface area contributed by atoms with Crippen LogP contribution in [0.4, 0.5) is 11.4 Å². The van der Waals surface area contributed by atoms with Crippen molar-refractivity contribution in [3.63, 3.8) is 0 Å². The number of anilines is 2. The van der Waals surface area contributed by atoms with Gasteiger partial charge in [0.25, 0.3) is 0 Å². The summed E-state index contributed by atoms with van der Waals surface area (Å²) in [6.45, 7) is 2.11. The SMILES string of the molecule is COC(=O)c1cc(NCc2nc(C)no2)ccc1N. The summed E-state index contributed by atoms with van der Waals surface area (Å²) >= 11 is 0. The van der Waals surface area contributed by atoms with Crippen LogP contribution >= 0.6 is 0 Å². The van der Waals surface area contributed by atoms with Gasteiger partial charge in [0, 0.05) is 11.4 Å². The first kappa shape index (κ1) is 12.9. The van der Waals surface area contributed by atoms with Gasteiger partial charge in [-0.25, -0.2) is 4.79 Å². The van der Waals surface area contributed by atoms with Gasteiger partial charge in [-0.05, 0) is 25.1 Å². The van der Waals surface area contributed by atoms with E-state index in [2.05, 4.69) is 20.2 Å². The average Bonchev–Trinajstić information content (AvgIpc) is 2.83. The molecule has 7 heteroatoms. The van der Waals surface area contributed by atoms with Gasteiger partial charge in [0.2, 0.25) is 5.89 Å². The standard InChI is InChI=1S/C12H14N4O3/c1-7-15-11(19-16-7)6-14-8-3-4-10(13)9(5-8)12(17)18-2/h3-5,14H,6,13H2,1-2H3. The van der Waals surface area contributed by atoms with Gasteiger partial charge < -0.3 is 20.3 Å². The van der Waals surface area contributed by atoms with Crippen LogP contribution in [0.2, 0.25) is 0 Å². The number of hydrogen-bond acceptors (Lipinski definition) is 7. The molecule has 2 aromatic rings. The van der Waals surface area contributed by atoms with E-state index in [1.807, 2.05) is 0 Å². The lowest BCUT2D eigenvalue weighted by Crippen LogP contribution is -2.07. The van der Waals surface area contributed by atoms with Crippen LogP contribution in [0.15, 0.2) is 22.7 Å². The van der Waals surface area contributed by atoms with Crippen molar-refractivity contribution < 1.29 is 14.1 Å². The van der Waals surface area contributed by atoms with E-state index in [4.69, 9.17) is 10.3 Å². The zero-order valence-corrected chi connectivity index (χ0v) is 10.6. The maximum Gasteiger partial charge on any atom is 0.340 e. The molecule has 19 heavy (non-hydrogen) atoms. The summed E-state index contributed by atoms with van der Waals surface area (Å²) in [7, 11) is 1.31. The number of aromatic nitrogens is 2. The fraction of sp³-hybridized carbons (Fsp3) is 0.250. The summed E-state index contributed by atoms with van der Waals surface area (Å²) in [4.78, 5) is 15.6. The number of hydrogen-bond donors (Lipinski definition) is 2. The van der Waals surface area contributed by atoms with Gasteiger partial charge in [-0.15, -0.1) is 0 Å². The minimum atomic E-state index is -0.477. The molecule has 0 bridgehead atoms. The second-order valence-electron chi connectivity index (χ2n) is 3.88. The van der Waals surface area contributed by atoms with Crippen LogP contribution in [-0.4, -0.2) is 23.2 Å². The van der Waals surface area contributed by atoms with Crippen LogP contribution in [0.3, 0.4) is 0 Å². The number of nitrogens with one attached hydrogen (secondary N) is 1. The van der Waals surface area contributed by atoms with Crippen molar-refractivity contribution in [1.29, 1.82) is 0 Å². The molecule has 0 radical (unpaired) electrons. The molecule has 0 spiro atoms. The van der Waals surface area contributed by atoms with Crippen LogP contribution in [0.1, 0.15) is 22.1 Å². The van der Waals surface area contributed by atoms with E-state index in [9.17, 15) is 4.79 Å². The van der Waals surface area contributed by atoms with Gasteiger partial charge in [0.1, 0.15) is 0 Å². The number of nitrogens with two attached hydrogens (primary N) is 1. The van der Waals surface area contributed by atoms with Crippen molar-refractivity contribution in [3.05, 3.63) is 35.5 Å². The van der Waals surface area contributed by atoms with Gasteiger partial charge in [-0.3, -0.25) is 0 Å². The predicted molar refractivity (Wildman–Crippen MR) is 68.6 cm³/mol. The third-order valence-corrected chi connectivity index (χ3v) is 2.47. The first-order valence-electron chi connectivity index (χ1n) is 5.61. The van der Waals surface area contributed by atoms with E-state index in [1.54, 1.807) is 25.1 Å². The third kappa shape index (κ3) is 3.01. The van der Waals surface area contributed by atoms with Gasteiger partial charge in [0.05, 0.1) is 19.2 Å².